The Bertz CT molecular complexity index is 588. The molecule has 7 nitrogen and oxygen atoms in total. The van der Waals surface area contributed by atoms with E-state index in [0.29, 0.717) is 0 Å². The largest absolute Gasteiger partial charge is 0.480 e. The molecule has 0 atom stereocenters. The molecule has 118 valence electrons. The third kappa shape index (κ3) is 3.82. The molecule has 0 saturated heterocycles. The SMILES string of the molecule is CN(C1CCCCCC1)S(=O)(=O)c1cnn(CC(=O)O)c1. The van der Waals surface area contributed by atoms with Gasteiger partial charge in [0.05, 0.1) is 6.20 Å². The summed E-state index contributed by atoms with van der Waals surface area (Å²) in [4.78, 5) is 10.7. The summed E-state index contributed by atoms with van der Waals surface area (Å²) >= 11 is 0. The van der Waals surface area contributed by atoms with Gasteiger partial charge in [-0.15, -0.1) is 0 Å². The molecule has 0 amide bonds. The fourth-order valence-corrected chi connectivity index (χ4v) is 4.06. The average molecular weight is 315 g/mol. The van der Waals surface area contributed by atoms with E-state index in [1.165, 1.54) is 16.7 Å². The number of carboxylic acids is 1. The Morgan fingerprint density at radius 2 is 2.00 bits per heavy atom. The van der Waals surface area contributed by atoms with Crippen molar-refractivity contribution in [3.05, 3.63) is 12.4 Å². The highest BCUT2D eigenvalue weighted by Gasteiger charge is 2.29. The van der Waals surface area contributed by atoms with E-state index in [0.717, 1.165) is 43.2 Å². The van der Waals surface area contributed by atoms with Crippen LogP contribution in [0.4, 0.5) is 0 Å². The number of aliphatic carboxylic acids is 1. The van der Waals surface area contributed by atoms with Gasteiger partial charge in [0.15, 0.2) is 0 Å². The molecule has 0 bridgehead atoms. The second-order valence-electron chi connectivity index (χ2n) is 5.43. The first-order chi connectivity index (χ1) is 9.91. The summed E-state index contributed by atoms with van der Waals surface area (Å²) in [6.45, 7) is -0.345. The maximum absolute atomic E-state index is 12.6. The number of carbonyl (C=O) groups is 1. The number of nitrogens with zero attached hydrogens (tertiary/aromatic N) is 3. The molecule has 2 rings (SSSR count). The van der Waals surface area contributed by atoms with E-state index in [9.17, 15) is 13.2 Å². The van der Waals surface area contributed by atoms with Crippen molar-refractivity contribution in [2.45, 2.75) is 56.0 Å². The van der Waals surface area contributed by atoms with Crippen LogP contribution in [0.25, 0.3) is 0 Å². The molecule has 1 aliphatic carbocycles. The maximum Gasteiger partial charge on any atom is 0.325 e. The Morgan fingerprint density at radius 1 is 1.38 bits per heavy atom. The topological polar surface area (TPSA) is 92.5 Å². The van der Waals surface area contributed by atoms with Crippen LogP contribution in [0, 0.1) is 0 Å². The Hall–Kier alpha value is -1.41. The molecule has 0 unspecified atom stereocenters. The summed E-state index contributed by atoms with van der Waals surface area (Å²) in [5.41, 5.74) is 0. The predicted molar refractivity (Wildman–Crippen MR) is 76.3 cm³/mol. The van der Waals surface area contributed by atoms with E-state index < -0.39 is 16.0 Å². The molecule has 0 aromatic carbocycles. The van der Waals surface area contributed by atoms with Crippen molar-refractivity contribution in [3.8, 4) is 0 Å². The van der Waals surface area contributed by atoms with Crippen LogP contribution in [0.15, 0.2) is 17.3 Å². The fourth-order valence-electron chi connectivity index (χ4n) is 2.69. The van der Waals surface area contributed by atoms with Crippen molar-refractivity contribution in [2.75, 3.05) is 7.05 Å². The number of sulfonamides is 1. The van der Waals surface area contributed by atoms with Crippen LogP contribution in [0.2, 0.25) is 0 Å². The normalized spacial score (nSPS) is 17.8. The molecule has 1 heterocycles. The highest BCUT2D eigenvalue weighted by Crippen LogP contribution is 2.25. The van der Waals surface area contributed by atoms with Crippen molar-refractivity contribution in [3.63, 3.8) is 0 Å². The Morgan fingerprint density at radius 3 is 2.57 bits per heavy atom. The predicted octanol–water partition coefficient (Wildman–Crippen LogP) is 1.31. The quantitative estimate of drug-likeness (QED) is 0.827. The summed E-state index contributed by atoms with van der Waals surface area (Å²) in [6, 6.07) is 0.0142. The molecular formula is C13H21N3O4S. The summed E-state index contributed by atoms with van der Waals surface area (Å²) < 4.78 is 27.7. The van der Waals surface area contributed by atoms with Crippen molar-refractivity contribution in [1.82, 2.24) is 14.1 Å². The zero-order valence-electron chi connectivity index (χ0n) is 12.1. The number of hydrogen-bond acceptors (Lipinski definition) is 4. The highest BCUT2D eigenvalue weighted by molar-refractivity contribution is 7.89. The first-order valence-electron chi connectivity index (χ1n) is 7.13. The van der Waals surface area contributed by atoms with Crippen molar-refractivity contribution in [2.24, 2.45) is 0 Å². The van der Waals surface area contributed by atoms with E-state index in [1.807, 2.05) is 0 Å². The smallest absolute Gasteiger partial charge is 0.325 e. The van der Waals surface area contributed by atoms with Gasteiger partial charge in [0, 0.05) is 19.3 Å². The molecule has 1 fully saturated rings. The van der Waals surface area contributed by atoms with Crippen molar-refractivity contribution in [1.29, 1.82) is 0 Å². The molecule has 0 aliphatic heterocycles. The molecule has 0 radical (unpaired) electrons. The molecule has 1 saturated carbocycles. The molecule has 21 heavy (non-hydrogen) atoms. The zero-order valence-corrected chi connectivity index (χ0v) is 12.9. The highest BCUT2D eigenvalue weighted by atomic mass is 32.2. The number of carboxylic acid groups (broad SMARTS) is 1. The Labute approximate surface area is 124 Å². The maximum atomic E-state index is 12.6. The van der Waals surface area contributed by atoms with Gasteiger partial charge in [-0.1, -0.05) is 25.7 Å². The van der Waals surface area contributed by atoms with Gasteiger partial charge in [0.2, 0.25) is 10.0 Å². The van der Waals surface area contributed by atoms with Crippen molar-refractivity contribution >= 4 is 16.0 Å². The lowest BCUT2D eigenvalue weighted by molar-refractivity contribution is -0.137. The summed E-state index contributed by atoms with van der Waals surface area (Å²) in [7, 11) is -2.02. The first-order valence-corrected chi connectivity index (χ1v) is 8.57. The molecule has 1 aliphatic rings. The average Bonchev–Trinajstić information content (AvgIpc) is 2.73. The van der Waals surface area contributed by atoms with Crippen LogP contribution in [0.3, 0.4) is 0 Å². The zero-order chi connectivity index (χ0) is 15.5. The minimum atomic E-state index is -3.61. The lowest BCUT2D eigenvalue weighted by atomic mass is 10.1. The summed E-state index contributed by atoms with van der Waals surface area (Å²) in [5.74, 6) is -1.06. The third-order valence-corrected chi connectivity index (χ3v) is 5.79. The van der Waals surface area contributed by atoms with Crippen LogP contribution in [0.1, 0.15) is 38.5 Å². The van der Waals surface area contributed by atoms with Gasteiger partial charge in [-0.25, -0.2) is 8.42 Å². The van der Waals surface area contributed by atoms with E-state index in [1.54, 1.807) is 7.05 Å². The van der Waals surface area contributed by atoms with E-state index in [4.69, 9.17) is 5.11 Å². The van der Waals surface area contributed by atoms with Crippen molar-refractivity contribution < 1.29 is 18.3 Å². The van der Waals surface area contributed by atoms with Crippen LogP contribution in [0.5, 0.6) is 0 Å². The van der Waals surface area contributed by atoms with Gasteiger partial charge in [0.1, 0.15) is 11.4 Å². The van der Waals surface area contributed by atoms with Gasteiger partial charge in [-0.3, -0.25) is 9.48 Å². The van der Waals surface area contributed by atoms with Crippen LogP contribution in [-0.4, -0.2) is 46.7 Å². The Kier molecular flexibility index (Phi) is 5.00. The first kappa shape index (κ1) is 16.0. The standard InChI is InChI=1S/C13H21N3O4S/c1-15(11-6-4-2-3-5-7-11)21(19,20)12-8-14-16(9-12)10-13(17)18/h8-9,11H,2-7,10H2,1H3,(H,17,18). The minimum absolute atomic E-state index is 0.0142. The second-order valence-corrected chi connectivity index (χ2v) is 7.43. The molecule has 1 aromatic heterocycles. The lowest BCUT2D eigenvalue weighted by Crippen LogP contribution is -2.36. The molecular weight excluding hydrogens is 294 g/mol. The molecule has 0 spiro atoms. The summed E-state index contributed by atoms with van der Waals surface area (Å²) in [5, 5.41) is 12.5. The molecule has 1 N–H and O–H groups in total. The number of rotatable bonds is 5. The van der Waals surface area contributed by atoms with Crippen LogP contribution in [-0.2, 0) is 21.4 Å². The van der Waals surface area contributed by atoms with Gasteiger partial charge in [-0.2, -0.15) is 9.40 Å². The number of aromatic nitrogens is 2. The second kappa shape index (κ2) is 6.57. The van der Waals surface area contributed by atoms with Gasteiger partial charge in [-0.05, 0) is 12.8 Å². The molecule has 1 aromatic rings. The summed E-state index contributed by atoms with van der Waals surface area (Å²) in [6.07, 6.45) is 8.63. The fraction of sp³-hybridized carbons (Fsp3) is 0.692. The molecule has 8 heteroatoms. The van der Waals surface area contributed by atoms with Gasteiger partial charge >= 0.3 is 5.97 Å². The third-order valence-electron chi connectivity index (χ3n) is 3.92. The van der Waals surface area contributed by atoms with E-state index >= 15 is 0 Å². The van der Waals surface area contributed by atoms with Crippen LogP contribution >= 0.6 is 0 Å². The lowest BCUT2D eigenvalue weighted by Gasteiger charge is -2.25. The van der Waals surface area contributed by atoms with Gasteiger partial charge < -0.3 is 5.11 Å². The monoisotopic (exact) mass is 315 g/mol. The number of hydrogen-bond donors (Lipinski definition) is 1. The van der Waals surface area contributed by atoms with Crippen LogP contribution < -0.4 is 0 Å². The minimum Gasteiger partial charge on any atom is -0.480 e. The van der Waals surface area contributed by atoms with Gasteiger partial charge in [0.25, 0.3) is 0 Å². The van der Waals surface area contributed by atoms with E-state index in [-0.39, 0.29) is 17.5 Å². The van der Waals surface area contributed by atoms with E-state index in [2.05, 4.69) is 5.10 Å². The Balaban J connectivity index is 2.15.